The fourth-order valence-corrected chi connectivity index (χ4v) is 3.27. The topological polar surface area (TPSA) is 64.3 Å². The number of benzene rings is 1. The van der Waals surface area contributed by atoms with Crippen molar-refractivity contribution in [3.63, 3.8) is 0 Å². The van der Waals surface area contributed by atoms with E-state index in [4.69, 9.17) is 10.5 Å². The van der Waals surface area contributed by atoms with Crippen LogP contribution in [-0.2, 0) is 4.79 Å². The van der Waals surface area contributed by atoms with E-state index < -0.39 is 5.54 Å². The van der Waals surface area contributed by atoms with Crippen molar-refractivity contribution in [2.75, 3.05) is 0 Å². The Kier molecular flexibility index (Phi) is 4.57. The Morgan fingerprint density at radius 3 is 2.48 bits per heavy atom. The van der Waals surface area contributed by atoms with Crippen molar-refractivity contribution in [1.82, 2.24) is 5.32 Å². The van der Waals surface area contributed by atoms with Gasteiger partial charge in [0.1, 0.15) is 17.4 Å². The molecule has 21 heavy (non-hydrogen) atoms. The van der Waals surface area contributed by atoms with E-state index in [1.165, 1.54) is 11.1 Å². The highest BCUT2D eigenvalue weighted by atomic mass is 16.5. The summed E-state index contributed by atoms with van der Waals surface area (Å²) in [5.74, 6) is 0.602. The maximum absolute atomic E-state index is 11.9. The smallest absolute Gasteiger partial charge is 0.237 e. The minimum atomic E-state index is -0.627. The number of hydrogen-bond acceptors (Lipinski definition) is 3. The van der Waals surface area contributed by atoms with Gasteiger partial charge in [-0.3, -0.25) is 4.79 Å². The third kappa shape index (κ3) is 3.76. The van der Waals surface area contributed by atoms with Gasteiger partial charge in [0, 0.05) is 12.5 Å². The summed E-state index contributed by atoms with van der Waals surface area (Å²) in [7, 11) is 0. The second kappa shape index (κ2) is 6.06. The summed E-state index contributed by atoms with van der Waals surface area (Å²) in [6.07, 6.45) is 2.24. The van der Waals surface area contributed by atoms with Crippen molar-refractivity contribution in [3.8, 4) is 5.75 Å². The van der Waals surface area contributed by atoms with E-state index in [1.807, 2.05) is 26.0 Å². The van der Waals surface area contributed by atoms with E-state index in [2.05, 4.69) is 25.2 Å². The van der Waals surface area contributed by atoms with Crippen LogP contribution < -0.4 is 15.8 Å². The normalized spacial score (nSPS) is 25.3. The predicted octanol–water partition coefficient (Wildman–Crippen LogP) is 2.46. The molecule has 1 amide bonds. The van der Waals surface area contributed by atoms with Crippen molar-refractivity contribution in [2.24, 2.45) is 5.73 Å². The largest absolute Gasteiger partial charge is 0.490 e. The summed E-state index contributed by atoms with van der Waals surface area (Å²) >= 11 is 0. The first-order chi connectivity index (χ1) is 9.80. The van der Waals surface area contributed by atoms with E-state index in [1.54, 1.807) is 0 Å². The first-order valence-corrected chi connectivity index (χ1v) is 7.63. The number of nitrogens with one attached hydrogen (secondary N) is 1. The summed E-state index contributed by atoms with van der Waals surface area (Å²) in [6.45, 7) is 8.18. The summed E-state index contributed by atoms with van der Waals surface area (Å²) in [4.78, 5) is 11.9. The van der Waals surface area contributed by atoms with Gasteiger partial charge >= 0.3 is 0 Å². The molecule has 0 bridgehead atoms. The summed E-state index contributed by atoms with van der Waals surface area (Å²) in [6, 6.07) is 6.41. The quantitative estimate of drug-likeness (QED) is 0.875. The molecule has 0 aliphatic heterocycles. The number of carbonyl (C=O) groups excluding carboxylic acids is 1. The van der Waals surface area contributed by atoms with Crippen LogP contribution in [0.4, 0.5) is 0 Å². The van der Waals surface area contributed by atoms with Gasteiger partial charge in [0.2, 0.25) is 5.91 Å². The van der Waals surface area contributed by atoms with E-state index in [9.17, 15) is 4.79 Å². The van der Waals surface area contributed by atoms with Gasteiger partial charge in [0.25, 0.3) is 0 Å². The molecule has 2 unspecified atom stereocenters. The highest BCUT2D eigenvalue weighted by Gasteiger charge is 2.45. The number of carbonyl (C=O) groups is 1. The minimum absolute atomic E-state index is 0.0324. The maximum atomic E-state index is 11.9. The number of amides is 1. The Morgan fingerprint density at radius 2 is 1.95 bits per heavy atom. The molecule has 2 rings (SSSR count). The van der Waals surface area contributed by atoms with Gasteiger partial charge in [-0.1, -0.05) is 6.07 Å². The zero-order valence-electron chi connectivity index (χ0n) is 13.4. The summed E-state index contributed by atoms with van der Waals surface area (Å²) in [5, 5.41) is 3.34. The third-order valence-electron chi connectivity index (χ3n) is 4.00. The lowest BCUT2D eigenvalue weighted by molar-refractivity contribution is -0.124. The van der Waals surface area contributed by atoms with Gasteiger partial charge in [-0.2, -0.15) is 0 Å². The van der Waals surface area contributed by atoms with Gasteiger partial charge < -0.3 is 15.8 Å². The number of ether oxygens (including phenoxy) is 1. The van der Waals surface area contributed by atoms with Crippen molar-refractivity contribution in [2.45, 2.75) is 64.6 Å². The van der Waals surface area contributed by atoms with Crippen molar-refractivity contribution < 1.29 is 9.53 Å². The first kappa shape index (κ1) is 15.8. The lowest BCUT2D eigenvalue weighted by atomic mass is 9.95. The van der Waals surface area contributed by atoms with Crippen LogP contribution in [-0.4, -0.2) is 23.6 Å². The number of aryl methyl sites for hydroxylation is 2. The molecule has 1 aliphatic rings. The molecular weight excluding hydrogens is 264 g/mol. The molecule has 1 fully saturated rings. The van der Waals surface area contributed by atoms with Gasteiger partial charge in [0.15, 0.2) is 0 Å². The van der Waals surface area contributed by atoms with Crippen LogP contribution in [0.3, 0.4) is 0 Å². The Hall–Kier alpha value is -1.55. The SMILES string of the molecule is Cc1cc(C)cc(OC2CCC(NC(C)C)(C(N)=O)C2)c1. The highest BCUT2D eigenvalue weighted by Crippen LogP contribution is 2.33. The van der Waals surface area contributed by atoms with Gasteiger partial charge in [0.05, 0.1) is 0 Å². The summed E-state index contributed by atoms with van der Waals surface area (Å²) in [5.41, 5.74) is 7.37. The average molecular weight is 290 g/mol. The third-order valence-corrected chi connectivity index (χ3v) is 4.00. The Bertz CT molecular complexity index is 507. The highest BCUT2D eigenvalue weighted by molar-refractivity contribution is 5.85. The second-order valence-electron chi connectivity index (χ2n) is 6.55. The fourth-order valence-electron chi connectivity index (χ4n) is 3.27. The Balaban J connectivity index is 2.08. The van der Waals surface area contributed by atoms with Crippen LogP contribution in [0.1, 0.15) is 44.2 Å². The van der Waals surface area contributed by atoms with Crippen LogP contribution >= 0.6 is 0 Å². The molecular formula is C17H26N2O2. The molecule has 0 aromatic heterocycles. The maximum Gasteiger partial charge on any atom is 0.237 e. The molecule has 1 saturated carbocycles. The standard InChI is InChI=1S/C17H26N2O2/c1-11(2)19-17(16(18)20)6-5-14(10-17)21-15-8-12(3)7-13(4)9-15/h7-9,11,14,19H,5-6,10H2,1-4H3,(H2,18,20). The summed E-state index contributed by atoms with van der Waals surface area (Å²) < 4.78 is 6.08. The van der Waals surface area contributed by atoms with Gasteiger partial charge in [-0.25, -0.2) is 0 Å². The molecule has 1 aromatic rings. The van der Waals surface area contributed by atoms with Gasteiger partial charge in [-0.05, 0) is 63.8 Å². The molecule has 3 N–H and O–H groups in total. The van der Waals surface area contributed by atoms with Crippen molar-refractivity contribution >= 4 is 5.91 Å². The second-order valence-corrected chi connectivity index (χ2v) is 6.55. The number of hydrogen-bond donors (Lipinski definition) is 2. The number of nitrogens with two attached hydrogens (primary N) is 1. The predicted molar refractivity (Wildman–Crippen MR) is 84.4 cm³/mol. The van der Waals surface area contributed by atoms with Crippen LogP contribution in [0.15, 0.2) is 18.2 Å². The van der Waals surface area contributed by atoms with Gasteiger partial charge in [-0.15, -0.1) is 0 Å². The molecule has 2 atom stereocenters. The first-order valence-electron chi connectivity index (χ1n) is 7.63. The number of rotatable bonds is 5. The molecule has 4 heteroatoms. The van der Waals surface area contributed by atoms with Crippen molar-refractivity contribution in [1.29, 1.82) is 0 Å². The minimum Gasteiger partial charge on any atom is -0.490 e. The zero-order chi connectivity index (χ0) is 15.6. The Labute approximate surface area is 127 Å². The fraction of sp³-hybridized carbons (Fsp3) is 0.588. The Morgan fingerprint density at radius 1 is 1.33 bits per heavy atom. The number of primary amides is 1. The van der Waals surface area contributed by atoms with Crippen LogP contribution in [0, 0.1) is 13.8 Å². The lowest BCUT2D eigenvalue weighted by Gasteiger charge is -2.29. The molecule has 1 aromatic carbocycles. The zero-order valence-corrected chi connectivity index (χ0v) is 13.4. The van der Waals surface area contributed by atoms with E-state index >= 15 is 0 Å². The van der Waals surface area contributed by atoms with Crippen LogP contribution in [0.2, 0.25) is 0 Å². The van der Waals surface area contributed by atoms with Crippen molar-refractivity contribution in [3.05, 3.63) is 29.3 Å². The lowest BCUT2D eigenvalue weighted by Crippen LogP contribution is -2.56. The van der Waals surface area contributed by atoms with E-state index in [0.717, 1.165) is 18.6 Å². The molecule has 0 saturated heterocycles. The van der Waals surface area contributed by atoms with Crippen LogP contribution in [0.5, 0.6) is 5.75 Å². The van der Waals surface area contributed by atoms with E-state index in [-0.39, 0.29) is 18.1 Å². The molecule has 116 valence electrons. The molecule has 0 spiro atoms. The monoisotopic (exact) mass is 290 g/mol. The molecule has 4 nitrogen and oxygen atoms in total. The molecule has 0 radical (unpaired) electrons. The molecule has 0 heterocycles. The van der Waals surface area contributed by atoms with Crippen LogP contribution in [0.25, 0.3) is 0 Å². The molecule has 1 aliphatic carbocycles. The van der Waals surface area contributed by atoms with E-state index in [0.29, 0.717) is 6.42 Å². The average Bonchev–Trinajstić information content (AvgIpc) is 2.71.